The summed E-state index contributed by atoms with van der Waals surface area (Å²) in [6, 6.07) is 6.97. The number of nitrogens with one attached hydrogen (secondary N) is 1. The monoisotopic (exact) mass is 522 g/mol. The van der Waals surface area contributed by atoms with Gasteiger partial charge in [0.25, 0.3) is 5.91 Å². The normalized spacial score (nSPS) is 14.4. The van der Waals surface area contributed by atoms with Crippen LogP contribution in [0.25, 0.3) is 5.65 Å². The van der Waals surface area contributed by atoms with E-state index in [2.05, 4.69) is 20.5 Å². The van der Waals surface area contributed by atoms with E-state index >= 15 is 0 Å². The molecule has 0 spiro atoms. The number of rotatable bonds is 5. The molecule has 0 saturated heterocycles. The summed E-state index contributed by atoms with van der Waals surface area (Å²) in [5, 5.41) is 10.8. The molecule has 194 valence electrons. The third-order valence-electron chi connectivity index (χ3n) is 6.17. The standard InChI is InChI=1S/C24H20F6N6O/c1-12-21(13(2)35(33-12)11-14-4-3-5-16(8-14)23(25,26)27)32-22(37)18-10-20-31-17(15-6-7-15)9-19(24(28,29)30)36(20)34-18/h3-5,8-10,15H,6-7,11H2,1-2H3,(H,32,37). The van der Waals surface area contributed by atoms with Crippen LogP contribution in [0.3, 0.4) is 0 Å². The predicted molar refractivity (Wildman–Crippen MR) is 120 cm³/mol. The van der Waals surface area contributed by atoms with Crippen molar-refractivity contribution in [3.63, 3.8) is 0 Å². The molecule has 0 aliphatic heterocycles. The Kier molecular flexibility index (Phi) is 5.76. The number of anilines is 1. The van der Waals surface area contributed by atoms with Crippen molar-refractivity contribution < 1.29 is 31.1 Å². The molecule has 4 aromatic rings. The summed E-state index contributed by atoms with van der Waals surface area (Å²) in [7, 11) is 0. The highest BCUT2D eigenvalue weighted by molar-refractivity contribution is 6.04. The molecule has 1 aliphatic rings. The quantitative estimate of drug-likeness (QED) is 0.338. The van der Waals surface area contributed by atoms with E-state index in [9.17, 15) is 31.1 Å². The summed E-state index contributed by atoms with van der Waals surface area (Å²) in [5.41, 5.74) is -0.361. The van der Waals surface area contributed by atoms with Gasteiger partial charge in [-0.2, -0.15) is 36.5 Å². The summed E-state index contributed by atoms with van der Waals surface area (Å²) >= 11 is 0. The van der Waals surface area contributed by atoms with Gasteiger partial charge < -0.3 is 5.32 Å². The van der Waals surface area contributed by atoms with Crippen molar-refractivity contribution >= 4 is 17.2 Å². The first-order chi connectivity index (χ1) is 17.3. The lowest BCUT2D eigenvalue weighted by atomic mass is 10.1. The van der Waals surface area contributed by atoms with E-state index in [4.69, 9.17) is 0 Å². The van der Waals surface area contributed by atoms with Crippen LogP contribution in [-0.2, 0) is 18.9 Å². The van der Waals surface area contributed by atoms with Gasteiger partial charge in [0.15, 0.2) is 11.3 Å². The zero-order valence-electron chi connectivity index (χ0n) is 19.6. The number of carbonyl (C=O) groups is 1. The van der Waals surface area contributed by atoms with Crippen LogP contribution in [0.15, 0.2) is 36.4 Å². The number of halogens is 6. The smallest absolute Gasteiger partial charge is 0.317 e. The number of hydrogen-bond donors (Lipinski definition) is 1. The third kappa shape index (κ3) is 4.89. The van der Waals surface area contributed by atoms with Gasteiger partial charge in [-0.25, -0.2) is 9.50 Å². The Bertz CT molecular complexity index is 1510. The fraction of sp³-hybridized carbons (Fsp3) is 0.333. The van der Waals surface area contributed by atoms with Crippen LogP contribution >= 0.6 is 0 Å². The SMILES string of the molecule is Cc1nn(Cc2cccc(C(F)(F)F)c2)c(C)c1NC(=O)c1cc2nc(C3CC3)cc(C(F)(F)F)n2n1. The molecule has 0 radical (unpaired) electrons. The molecule has 0 unspecified atom stereocenters. The summed E-state index contributed by atoms with van der Waals surface area (Å²) in [6.07, 6.45) is -7.67. The Labute approximate surface area is 206 Å². The molecule has 3 heterocycles. The fourth-order valence-corrected chi connectivity index (χ4v) is 4.12. The van der Waals surface area contributed by atoms with E-state index in [-0.39, 0.29) is 29.5 Å². The molecule has 5 rings (SSSR count). The first-order valence-corrected chi connectivity index (χ1v) is 11.3. The van der Waals surface area contributed by atoms with Crippen molar-refractivity contribution in [3.05, 3.63) is 76.0 Å². The van der Waals surface area contributed by atoms with Crippen LogP contribution in [0.5, 0.6) is 0 Å². The number of amides is 1. The summed E-state index contributed by atoms with van der Waals surface area (Å²) < 4.78 is 82.1. The van der Waals surface area contributed by atoms with E-state index in [1.165, 1.54) is 22.9 Å². The van der Waals surface area contributed by atoms with Crippen molar-refractivity contribution in [2.24, 2.45) is 0 Å². The fourth-order valence-electron chi connectivity index (χ4n) is 4.12. The zero-order chi connectivity index (χ0) is 26.7. The van der Waals surface area contributed by atoms with E-state index in [0.717, 1.165) is 31.0 Å². The number of fused-ring (bicyclic) bond motifs is 1. The van der Waals surface area contributed by atoms with Gasteiger partial charge in [0, 0.05) is 17.7 Å². The van der Waals surface area contributed by atoms with Gasteiger partial charge in [0.2, 0.25) is 0 Å². The average molecular weight is 522 g/mol. The maximum absolute atomic E-state index is 13.7. The number of aryl methyl sites for hydroxylation is 1. The first kappa shape index (κ1) is 24.8. The van der Waals surface area contributed by atoms with Crippen LogP contribution in [0.2, 0.25) is 0 Å². The Morgan fingerprint density at radius 1 is 1.03 bits per heavy atom. The minimum absolute atomic E-state index is 0.0175. The zero-order valence-corrected chi connectivity index (χ0v) is 19.6. The number of nitrogens with zero attached hydrogens (tertiary/aromatic N) is 5. The molecule has 13 heteroatoms. The minimum Gasteiger partial charge on any atom is -0.317 e. The largest absolute Gasteiger partial charge is 0.433 e. The molecule has 0 bridgehead atoms. The lowest BCUT2D eigenvalue weighted by molar-refractivity contribution is -0.142. The summed E-state index contributed by atoms with van der Waals surface area (Å²) in [4.78, 5) is 17.2. The molecular weight excluding hydrogens is 502 g/mol. The van der Waals surface area contributed by atoms with Crippen molar-refractivity contribution in [2.45, 2.75) is 51.5 Å². The predicted octanol–water partition coefficient (Wildman–Crippen LogP) is 5.76. The molecule has 1 N–H and O–H groups in total. The molecule has 37 heavy (non-hydrogen) atoms. The summed E-state index contributed by atoms with van der Waals surface area (Å²) in [5.74, 6) is -0.803. The highest BCUT2D eigenvalue weighted by Gasteiger charge is 2.37. The number of alkyl halides is 6. The van der Waals surface area contributed by atoms with Crippen molar-refractivity contribution in [2.75, 3.05) is 5.32 Å². The molecule has 1 saturated carbocycles. The Morgan fingerprint density at radius 3 is 2.41 bits per heavy atom. The molecule has 0 atom stereocenters. The second-order valence-electron chi connectivity index (χ2n) is 8.99. The Balaban J connectivity index is 1.42. The highest BCUT2D eigenvalue weighted by Crippen LogP contribution is 2.41. The van der Waals surface area contributed by atoms with Gasteiger partial charge in [-0.15, -0.1) is 0 Å². The van der Waals surface area contributed by atoms with Gasteiger partial charge >= 0.3 is 12.4 Å². The van der Waals surface area contributed by atoms with Gasteiger partial charge in [-0.1, -0.05) is 12.1 Å². The molecular formula is C24H20F6N6O. The van der Waals surface area contributed by atoms with E-state index in [0.29, 0.717) is 27.2 Å². The molecule has 1 fully saturated rings. The van der Waals surface area contributed by atoms with Crippen LogP contribution in [0, 0.1) is 13.8 Å². The minimum atomic E-state index is -4.69. The lowest BCUT2D eigenvalue weighted by Crippen LogP contribution is -2.16. The maximum Gasteiger partial charge on any atom is 0.433 e. The van der Waals surface area contributed by atoms with Crippen molar-refractivity contribution in [3.8, 4) is 0 Å². The van der Waals surface area contributed by atoms with Crippen LogP contribution < -0.4 is 5.32 Å². The number of carbonyl (C=O) groups excluding carboxylic acids is 1. The topological polar surface area (TPSA) is 77.1 Å². The van der Waals surface area contributed by atoms with Crippen LogP contribution in [0.1, 0.15) is 63.2 Å². The molecule has 1 aromatic carbocycles. The Hall–Kier alpha value is -3.90. The van der Waals surface area contributed by atoms with E-state index < -0.39 is 29.5 Å². The molecule has 7 nitrogen and oxygen atoms in total. The first-order valence-electron chi connectivity index (χ1n) is 11.3. The highest BCUT2D eigenvalue weighted by atomic mass is 19.4. The van der Waals surface area contributed by atoms with Crippen LogP contribution in [0.4, 0.5) is 32.0 Å². The second-order valence-corrected chi connectivity index (χ2v) is 8.99. The maximum atomic E-state index is 13.7. The van der Waals surface area contributed by atoms with Crippen LogP contribution in [-0.4, -0.2) is 30.3 Å². The van der Waals surface area contributed by atoms with Gasteiger partial charge in [-0.05, 0) is 50.5 Å². The third-order valence-corrected chi connectivity index (χ3v) is 6.17. The Morgan fingerprint density at radius 2 is 1.76 bits per heavy atom. The van der Waals surface area contributed by atoms with Gasteiger partial charge in [0.05, 0.1) is 29.2 Å². The van der Waals surface area contributed by atoms with E-state index in [1.807, 2.05) is 0 Å². The average Bonchev–Trinajstić information content (AvgIpc) is 3.52. The number of hydrogen-bond acceptors (Lipinski definition) is 4. The lowest BCUT2D eigenvalue weighted by Gasteiger charge is -2.10. The van der Waals surface area contributed by atoms with Crippen molar-refractivity contribution in [1.29, 1.82) is 0 Å². The number of aromatic nitrogens is 5. The molecule has 3 aromatic heterocycles. The molecule has 1 aliphatic carbocycles. The molecule has 1 amide bonds. The van der Waals surface area contributed by atoms with Crippen molar-refractivity contribution in [1.82, 2.24) is 24.4 Å². The van der Waals surface area contributed by atoms with Gasteiger partial charge in [-0.3, -0.25) is 9.48 Å². The number of benzene rings is 1. The second kappa shape index (κ2) is 8.60. The van der Waals surface area contributed by atoms with E-state index in [1.54, 1.807) is 13.8 Å². The van der Waals surface area contributed by atoms with Gasteiger partial charge in [0.1, 0.15) is 5.69 Å². The summed E-state index contributed by atoms with van der Waals surface area (Å²) in [6.45, 7) is 3.24.